The van der Waals surface area contributed by atoms with E-state index in [1.54, 1.807) is 38.5 Å². The summed E-state index contributed by atoms with van der Waals surface area (Å²) < 4.78 is 11.1. The molecule has 0 aliphatic rings. The minimum atomic E-state index is -2.25. The fourth-order valence-corrected chi connectivity index (χ4v) is 4.19. The molecule has 1 rings (SSSR count). The molecule has 24 heavy (non-hydrogen) atoms. The maximum Gasteiger partial charge on any atom is 0.336 e. The summed E-state index contributed by atoms with van der Waals surface area (Å²) in [6.45, 7) is 6.68. The quantitative estimate of drug-likeness (QED) is 0.497. The van der Waals surface area contributed by atoms with Crippen molar-refractivity contribution in [1.82, 2.24) is 10.6 Å². The van der Waals surface area contributed by atoms with E-state index in [2.05, 4.69) is 10.6 Å². The van der Waals surface area contributed by atoms with Crippen molar-refractivity contribution in [2.45, 2.75) is 32.5 Å². The summed E-state index contributed by atoms with van der Waals surface area (Å²) in [5.41, 5.74) is 0.835. The number of benzene rings is 1. The van der Waals surface area contributed by atoms with Crippen molar-refractivity contribution >= 4 is 20.3 Å². The molecule has 0 aliphatic heterocycles. The Balaban J connectivity index is 2.77. The average Bonchev–Trinajstić information content (AvgIpc) is 2.59. The van der Waals surface area contributed by atoms with Crippen LogP contribution in [0.25, 0.3) is 0 Å². The molecular weight excluding hydrogens is 324 g/mol. The summed E-state index contributed by atoms with van der Waals surface area (Å²) >= 11 is 0. The summed E-state index contributed by atoms with van der Waals surface area (Å²) in [7, 11) is 1.06. The molecular formula is C17H28N2O4Si. The van der Waals surface area contributed by atoms with E-state index in [4.69, 9.17) is 8.85 Å². The van der Waals surface area contributed by atoms with Crippen LogP contribution in [0.15, 0.2) is 24.3 Å². The van der Waals surface area contributed by atoms with E-state index >= 15 is 0 Å². The average molecular weight is 353 g/mol. The lowest BCUT2D eigenvalue weighted by molar-refractivity contribution is 0.0935. The van der Waals surface area contributed by atoms with Crippen LogP contribution in [-0.2, 0) is 8.85 Å². The molecule has 7 heteroatoms. The van der Waals surface area contributed by atoms with E-state index in [0.717, 1.165) is 6.54 Å². The van der Waals surface area contributed by atoms with Gasteiger partial charge in [-0.25, -0.2) is 0 Å². The van der Waals surface area contributed by atoms with E-state index < -0.39 is 8.56 Å². The van der Waals surface area contributed by atoms with Gasteiger partial charge < -0.3 is 19.5 Å². The third kappa shape index (κ3) is 5.83. The van der Waals surface area contributed by atoms with Gasteiger partial charge in [-0.05, 0) is 26.1 Å². The van der Waals surface area contributed by atoms with Crippen molar-refractivity contribution in [1.29, 1.82) is 0 Å². The van der Waals surface area contributed by atoms with Crippen LogP contribution in [0.5, 0.6) is 0 Å². The number of Topliss-reactive ketones (excluding diaryl/α,β-unsaturated/α-hetero) is 1. The first-order valence-electron chi connectivity index (χ1n) is 8.08. The summed E-state index contributed by atoms with van der Waals surface area (Å²) in [6, 6.07) is 7.59. The second-order valence-corrected chi connectivity index (χ2v) is 9.30. The Hall–Kier alpha value is -1.54. The number of rotatable bonds is 10. The van der Waals surface area contributed by atoms with Gasteiger partial charge in [0, 0.05) is 38.4 Å². The minimum Gasteiger partial charge on any atom is -0.398 e. The van der Waals surface area contributed by atoms with Gasteiger partial charge in [-0.3, -0.25) is 9.59 Å². The number of amides is 1. The molecule has 1 atom stereocenters. The van der Waals surface area contributed by atoms with Gasteiger partial charge >= 0.3 is 8.56 Å². The molecule has 1 unspecified atom stereocenters. The Labute approximate surface area is 145 Å². The van der Waals surface area contributed by atoms with Crippen molar-refractivity contribution in [3.8, 4) is 0 Å². The largest absolute Gasteiger partial charge is 0.398 e. The Morgan fingerprint density at radius 1 is 1.17 bits per heavy atom. The molecule has 0 bridgehead atoms. The standard InChI is InChI=1S/C17H28N2O4Si/c1-6-18-14(12-24(5,22-3)23-4)11-19-17(21)16-10-8-7-9-15(16)13(2)20/h7-10,14,18H,6,11-12H2,1-5H3,(H,19,21). The van der Waals surface area contributed by atoms with Crippen LogP contribution in [0, 0.1) is 0 Å². The van der Waals surface area contributed by atoms with Gasteiger partial charge in [0.05, 0.1) is 5.56 Å². The summed E-state index contributed by atoms with van der Waals surface area (Å²) in [5, 5.41) is 6.25. The fourth-order valence-electron chi connectivity index (χ4n) is 2.50. The van der Waals surface area contributed by atoms with Crippen LogP contribution in [0.3, 0.4) is 0 Å². The van der Waals surface area contributed by atoms with Crippen LogP contribution >= 0.6 is 0 Å². The van der Waals surface area contributed by atoms with Crippen LogP contribution in [0.2, 0.25) is 12.6 Å². The number of likely N-dealkylation sites (N-methyl/N-ethyl adjacent to an activating group) is 1. The first kappa shape index (κ1) is 20.5. The van der Waals surface area contributed by atoms with Crippen molar-refractivity contribution in [2.75, 3.05) is 27.3 Å². The molecule has 0 fully saturated rings. The SMILES string of the molecule is CCNC(CNC(=O)c1ccccc1C(C)=O)C[Si](C)(OC)OC. The highest BCUT2D eigenvalue weighted by molar-refractivity contribution is 6.66. The Morgan fingerprint density at radius 2 is 1.75 bits per heavy atom. The monoisotopic (exact) mass is 352 g/mol. The topological polar surface area (TPSA) is 76.7 Å². The van der Waals surface area contributed by atoms with Gasteiger partial charge in [0.2, 0.25) is 0 Å². The van der Waals surface area contributed by atoms with E-state index in [9.17, 15) is 9.59 Å². The van der Waals surface area contributed by atoms with Crippen molar-refractivity contribution in [3.05, 3.63) is 35.4 Å². The number of carbonyl (C=O) groups excluding carboxylic acids is 2. The molecule has 0 saturated carbocycles. The van der Waals surface area contributed by atoms with E-state index in [-0.39, 0.29) is 17.7 Å². The van der Waals surface area contributed by atoms with Crippen LogP contribution < -0.4 is 10.6 Å². The number of carbonyl (C=O) groups is 2. The van der Waals surface area contributed by atoms with Crippen molar-refractivity contribution in [2.24, 2.45) is 0 Å². The normalized spacial score (nSPS) is 12.7. The zero-order valence-electron chi connectivity index (χ0n) is 15.1. The second kappa shape index (κ2) is 9.68. The highest BCUT2D eigenvalue weighted by atomic mass is 28.4. The molecule has 6 nitrogen and oxygen atoms in total. The van der Waals surface area contributed by atoms with Gasteiger partial charge in [-0.2, -0.15) is 0 Å². The highest BCUT2D eigenvalue weighted by Crippen LogP contribution is 2.14. The molecule has 1 amide bonds. The number of nitrogens with one attached hydrogen (secondary N) is 2. The van der Waals surface area contributed by atoms with Crippen molar-refractivity contribution in [3.63, 3.8) is 0 Å². The molecule has 0 heterocycles. The zero-order chi connectivity index (χ0) is 18.2. The molecule has 0 aliphatic carbocycles. The Bertz CT molecular complexity index is 561. The fraction of sp³-hybridized carbons (Fsp3) is 0.529. The maximum absolute atomic E-state index is 12.4. The molecule has 1 aromatic rings. The van der Waals surface area contributed by atoms with Crippen molar-refractivity contribution < 1.29 is 18.4 Å². The first-order valence-corrected chi connectivity index (χ1v) is 10.6. The van der Waals surface area contributed by atoms with Gasteiger partial charge in [0.1, 0.15) is 0 Å². The minimum absolute atomic E-state index is 0.0417. The van der Waals surface area contributed by atoms with Gasteiger partial charge in [0.15, 0.2) is 5.78 Å². The van der Waals surface area contributed by atoms with Crippen LogP contribution in [0.4, 0.5) is 0 Å². The number of ketones is 1. The van der Waals surface area contributed by atoms with Gasteiger partial charge in [0.25, 0.3) is 5.91 Å². The predicted octanol–water partition coefficient (Wildman–Crippen LogP) is 1.96. The molecule has 1 aromatic carbocycles. The molecule has 0 spiro atoms. The Morgan fingerprint density at radius 3 is 2.25 bits per heavy atom. The lowest BCUT2D eigenvalue weighted by Gasteiger charge is -2.28. The molecule has 2 N–H and O–H groups in total. The zero-order valence-corrected chi connectivity index (χ0v) is 16.1. The highest BCUT2D eigenvalue weighted by Gasteiger charge is 2.32. The number of hydrogen-bond acceptors (Lipinski definition) is 5. The van der Waals surface area contributed by atoms with E-state index in [1.807, 2.05) is 13.5 Å². The molecule has 0 saturated heterocycles. The third-order valence-electron chi connectivity index (χ3n) is 4.03. The first-order chi connectivity index (χ1) is 11.4. The summed E-state index contributed by atoms with van der Waals surface area (Å²) in [4.78, 5) is 24.1. The molecule has 0 aromatic heterocycles. The number of hydrogen-bond donors (Lipinski definition) is 2. The summed E-state index contributed by atoms with van der Waals surface area (Å²) in [6.07, 6.45) is 0. The lowest BCUT2D eigenvalue weighted by Crippen LogP contribution is -2.48. The third-order valence-corrected chi connectivity index (χ3v) is 7.00. The van der Waals surface area contributed by atoms with Crippen LogP contribution in [0.1, 0.15) is 34.6 Å². The maximum atomic E-state index is 12.4. The predicted molar refractivity (Wildman–Crippen MR) is 96.7 cm³/mol. The Kier molecular flexibility index (Phi) is 8.27. The van der Waals surface area contributed by atoms with Gasteiger partial charge in [-0.1, -0.05) is 25.1 Å². The second-order valence-electron chi connectivity index (χ2n) is 5.81. The summed E-state index contributed by atoms with van der Waals surface area (Å²) in [5.74, 6) is -0.371. The van der Waals surface area contributed by atoms with E-state index in [0.29, 0.717) is 23.7 Å². The lowest BCUT2D eigenvalue weighted by atomic mass is 10.0. The molecule has 134 valence electrons. The molecule has 0 radical (unpaired) electrons. The smallest absolute Gasteiger partial charge is 0.336 e. The van der Waals surface area contributed by atoms with Gasteiger partial charge in [-0.15, -0.1) is 0 Å². The van der Waals surface area contributed by atoms with E-state index in [1.165, 1.54) is 6.92 Å². The van der Waals surface area contributed by atoms with Crippen LogP contribution in [-0.4, -0.2) is 53.6 Å².